The number of Topliss-reactive ketones (excluding diaryl/α,β-unsaturated/α-hetero) is 1. The second-order valence-corrected chi connectivity index (χ2v) is 12.8. The third-order valence-electron chi connectivity index (χ3n) is 8.66. The summed E-state index contributed by atoms with van der Waals surface area (Å²) < 4.78 is 12.4. The quantitative estimate of drug-likeness (QED) is 0.571. The first-order chi connectivity index (χ1) is 18.9. The standard InChI is InChI=1S/C30H45N5O5/c1-7-20-23-17-35(25(20)18(2)36)27(37)26(29(3,4)5)34-28(38)40-30(6)15-19(30)11-9-8-10-12-21-22(39-23)16-32-24(33-21)13-14-31/h13-14,16,19-20,23,25-26H,7-12,15,17,31H2,1-6H3,(H,34,38)/t19-,20-,23+,25-,26-,30-/m1/s1. The van der Waals surface area contributed by atoms with Crippen molar-refractivity contribution in [1.29, 1.82) is 0 Å². The summed E-state index contributed by atoms with van der Waals surface area (Å²) in [4.78, 5) is 50.8. The molecule has 0 spiro atoms. The number of ether oxygens (including phenoxy) is 2. The van der Waals surface area contributed by atoms with Gasteiger partial charge >= 0.3 is 6.09 Å². The van der Waals surface area contributed by atoms with Crippen molar-refractivity contribution < 1.29 is 23.9 Å². The molecule has 4 rings (SSSR count). The van der Waals surface area contributed by atoms with Crippen LogP contribution in [-0.4, -0.2) is 63.0 Å². The van der Waals surface area contributed by atoms with E-state index >= 15 is 0 Å². The van der Waals surface area contributed by atoms with Gasteiger partial charge in [-0.2, -0.15) is 0 Å². The summed E-state index contributed by atoms with van der Waals surface area (Å²) in [6.07, 6.45) is 9.76. The number of fused-ring (bicyclic) bond motifs is 4. The summed E-state index contributed by atoms with van der Waals surface area (Å²) in [7, 11) is 0. The third kappa shape index (κ3) is 6.41. The fourth-order valence-corrected chi connectivity index (χ4v) is 6.26. The number of amides is 2. The van der Waals surface area contributed by atoms with Gasteiger partial charge in [-0.3, -0.25) is 9.59 Å². The fourth-order valence-electron chi connectivity index (χ4n) is 6.26. The Labute approximate surface area is 237 Å². The van der Waals surface area contributed by atoms with Crippen molar-refractivity contribution in [3.8, 4) is 5.75 Å². The zero-order chi connectivity index (χ0) is 29.2. The van der Waals surface area contributed by atoms with Crippen molar-refractivity contribution in [2.45, 2.75) is 110 Å². The molecule has 1 aliphatic carbocycles. The van der Waals surface area contributed by atoms with Gasteiger partial charge in [0, 0.05) is 11.8 Å². The molecule has 1 saturated heterocycles. The smallest absolute Gasteiger partial charge is 0.408 e. The molecule has 10 heteroatoms. The number of nitrogens with zero attached hydrogens (tertiary/aromatic N) is 3. The zero-order valence-electron chi connectivity index (χ0n) is 24.7. The highest BCUT2D eigenvalue weighted by atomic mass is 16.6. The van der Waals surface area contributed by atoms with Crippen molar-refractivity contribution in [3.63, 3.8) is 0 Å². The molecule has 2 amide bonds. The molecule has 2 aliphatic heterocycles. The highest BCUT2D eigenvalue weighted by Crippen LogP contribution is 2.49. The van der Waals surface area contributed by atoms with Crippen molar-refractivity contribution in [2.24, 2.45) is 23.0 Å². The molecule has 0 radical (unpaired) electrons. The molecular weight excluding hydrogens is 510 g/mol. The topological polar surface area (TPSA) is 137 Å². The van der Waals surface area contributed by atoms with Gasteiger partial charge in [0.2, 0.25) is 5.91 Å². The van der Waals surface area contributed by atoms with Gasteiger partial charge in [-0.1, -0.05) is 40.5 Å². The van der Waals surface area contributed by atoms with E-state index in [4.69, 9.17) is 20.2 Å². The van der Waals surface area contributed by atoms with Crippen LogP contribution < -0.4 is 15.8 Å². The molecule has 3 aliphatic rings. The van der Waals surface area contributed by atoms with E-state index in [1.165, 1.54) is 13.1 Å². The van der Waals surface area contributed by atoms with Crippen LogP contribution in [0.2, 0.25) is 0 Å². The Morgan fingerprint density at radius 1 is 1.27 bits per heavy atom. The van der Waals surface area contributed by atoms with Crippen molar-refractivity contribution in [1.82, 2.24) is 20.2 Å². The van der Waals surface area contributed by atoms with Gasteiger partial charge < -0.3 is 25.4 Å². The summed E-state index contributed by atoms with van der Waals surface area (Å²) in [6.45, 7) is 11.4. The lowest BCUT2D eigenvalue weighted by Crippen LogP contribution is -2.57. The molecule has 40 heavy (non-hydrogen) atoms. The van der Waals surface area contributed by atoms with Crippen LogP contribution in [0.5, 0.6) is 5.75 Å². The molecular formula is C30H45N5O5. The maximum absolute atomic E-state index is 14.1. The second-order valence-electron chi connectivity index (χ2n) is 12.8. The molecule has 2 fully saturated rings. The molecule has 3 heterocycles. The van der Waals surface area contributed by atoms with Crippen LogP contribution in [0.3, 0.4) is 0 Å². The van der Waals surface area contributed by atoms with Crippen LogP contribution >= 0.6 is 0 Å². The van der Waals surface area contributed by atoms with Crippen molar-refractivity contribution in [2.75, 3.05) is 6.54 Å². The Morgan fingerprint density at radius 3 is 2.67 bits per heavy atom. The number of hydrogen-bond donors (Lipinski definition) is 2. The van der Waals surface area contributed by atoms with Crippen LogP contribution in [0.25, 0.3) is 6.08 Å². The number of carbonyl (C=O) groups excluding carboxylic acids is 3. The fraction of sp³-hybridized carbons (Fsp3) is 0.700. The van der Waals surface area contributed by atoms with Gasteiger partial charge in [0.15, 0.2) is 17.4 Å². The molecule has 1 saturated carbocycles. The number of hydrogen-bond acceptors (Lipinski definition) is 8. The van der Waals surface area contributed by atoms with E-state index in [-0.39, 0.29) is 24.2 Å². The van der Waals surface area contributed by atoms with Crippen molar-refractivity contribution >= 4 is 23.9 Å². The Kier molecular flexibility index (Phi) is 8.75. The van der Waals surface area contributed by atoms with Gasteiger partial charge in [0.25, 0.3) is 0 Å². The number of nitrogens with two attached hydrogens (primary N) is 1. The van der Waals surface area contributed by atoms with Gasteiger partial charge in [0.1, 0.15) is 17.7 Å². The van der Waals surface area contributed by atoms with Crippen molar-refractivity contribution in [3.05, 3.63) is 23.9 Å². The Bertz CT molecular complexity index is 1150. The molecule has 10 nitrogen and oxygen atoms in total. The van der Waals surface area contributed by atoms with Crippen LogP contribution in [0, 0.1) is 17.3 Å². The Morgan fingerprint density at radius 2 is 2.02 bits per heavy atom. The number of alkyl carbamates (subject to hydrolysis) is 1. The third-order valence-corrected chi connectivity index (χ3v) is 8.66. The molecule has 1 aromatic heterocycles. The van der Waals surface area contributed by atoms with Crippen LogP contribution in [0.4, 0.5) is 4.79 Å². The Balaban J connectivity index is 1.71. The lowest BCUT2D eigenvalue weighted by atomic mass is 9.85. The highest BCUT2D eigenvalue weighted by Gasteiger charge is 2.54. The van der Waals surface area contributed by atoms with E-state index < -0.39 is 35.3 Å². The molecule has 0 aromatic carbocycles. The van der Waals surface area contributed by atoms with Gasteiger partial charge in [-0.15, -0.1) is 0 Å². The largest absolute Gasteiger partial charge is 0.485 e. The lowest BCUT2D eigenvalue weighted by molar-refractivity contribution is -0.141. The van der Waals surface area contributed by atoms with Crippen LogP contribution in [-0.2, 0) is 20.7 Å². The maximum atomic E-state index is 14.1. The van der Waals surface area contributed by atoms with E-state index in [0.29, 0.717) is 30.3 Å². The summed E-state index contributed by atoms with van der Waals surface area (Å²) in [5.41, 5.74) is 5.24. The van der Waals surface area contributed by atoms with Gasteiger partial charge in [-0.05, 0) is 63.6 Å². The maximum Gasteiger partial charge on any atom is 0.408 e. The van der Waals surface area contributed by atoms with Crippen LogP contribution in [0.15, 0.2) is 12.4 Å². The number of ketones is 1. The molecule has 0 unspecified atom stereocenters. The van der Waals surface area contributed by atoms with E-state index in [1.54, 1.807) is 17.2 Å². The average molecular weight is 556 g/mol. The summed E-state index contributed by atoms with van der Waals surface area (Å²) in [5, 5.41) is 2.86. The monoisotopic (exact) mass is 555 g/mol. The van der Waals surface area contributed by atoms with E-state index in [1.807, 2.05) is 34.6 Å². The summed E-state index contributed by atoms with van der Waals surface area (Å²) >= 11 is 0. The predicted molar refractivity (Wildman–Crippen MR) is 151 cm³/mol. The Hall–Kier alpha value is -3.17. The lowest BCUT2D eigenvalue weighted by Gasteiger charge is -2.35. The van der Waals surface area contributed by atoms with Gasteiger partial charge in [0.05, 0.1) is 24.5 Å². The SMILES string of the molecule is CC[C@@H]1[C@@H]2CN(C(=O)[C@H](C(C)(C)C)NC(=O)O[C@]3(C)C[C@H]3CCCCCc3nc(C=CN)ncc3O2)[C@@H]1C(C)=O. The molecule has 1 aromatic rings. The second kappa shape index (κ2) is 11.7. The first-order valence-electron chi connectivity index (χ1n) is 14.6. The molecule has 2 bridgehead atoms. The number of aromatic nitrogens is 2. The van der Waals surface area contributed by atoms with E-state index in [2.05, 4.69) is 10.3 Å². The number of rotatable bonds is 3. The van der Waals surface area contributed by atoms with Crippen LogP contribution in [0.1, 0.15) is 91.6 Å². The first kappa shape index (κ1) is 29.8. The minimum atomic E-state index is -0.876. The number of nitrogens with one attached hydrogen (secondary N) is 1. The zero-order valence-corrected chi connectivity index (χ0v) is 24.7. The minimum Gasteiger partial charge on any atom is -0.485 e. The molecule has 6 atom stereocenters. The first-order valence-corrected chi connectivity index (χ1v) is 14.6. The predicted octanol–water partition coefficient (Wildman–Crippen LogP) is 4.02. The van der Waals surface area contributed by atoms with Gasteiger partial charge in [-0.25, -0.2) is 14.8 Å². The summed E-state index contributed by atoms with van der Waals surface area (Å²) in [6, 6.07) is -1.54. The average Bonchev–Trinajstić information content (AvgIpc) is 3.34. The van der Waals surface area contributed by atoms with E-state index in [9.17, 15) is 14.4 Å². The normalized spacial score (nSPS) is 31.8. The number of carbonyl (C=O) groups is 3. The highest BCUT2D eigenvalue weighted by molar-refractivity contribution is 5.92. The molecule has 3 N–H and O–H groups in total. The minimum absolute atomic E-state index is 0.110. The summed E-state index contributed by atoms with van der Waals surface area (Å²) in [5.74, 6) is 0.733. The van der Waals surface area contributed by atoms with E-state index in [0.717, 1.165) is 37.8 Å². The number of aryl methyl sites for hydroxylation is 1. The molecule has 220 valence electrons.